The summed E-state index contributed by atoms with van der Waals surface area (Å²) in [6, 6.07) is 0. The van der Waals surface area contributed by atoms with Gasteiger partial charge in [0.1, 0.15) is 0 Å². The number of aliphatic hydroxyl groups is 3. The van der Waals surface area contributed by atoms with E-state index >= 15 is 0 Å². The first-order valence-corrected chi connectivity index (χ1v) is 9.51. The molecular weight excluding hydrogens is 288 g/mol. The Morgan fingerprint density at radius 1 is 0.913 bits per heavy atom. The van der Waals surface area contributed by atoms with Crippen LogP contribution in [0.15, 0.2) is 12.2 Å². The van der Waals surface area contributed by atoms with Crippen LogP contribution in [-0.2, 0) is 0 Å². The Bertz CT molecular complexity index is 517. The highest BCUT2D eigenvalue weighted by Crippen LogP contribution is 2.67. The monoisotopic (exact) mass is 320 g/mol. The smallest absolute Gasteiger partial charge is 0.0836 e. The highest BCUT2D eigenvalue weighted by molar-refractivity contribution is 5.23. The normalized spacial score (nSPS) is 59.2. The molecule has 0 aromatic carbocycles. The molecule has 0 heterocycles. The minimum Gasteiger partial charge on any atom is -0.393 e. The summed E-state index contributed by atoms with van der Waals surface area (Å²) in [5, 5.41) is 32.0. The summed E-state index contributed by atoms with van der Waals surface area (Å²) in [5.74, 6) is 1.17. The second-order valence-corrected chi connectivity index (χ2v) is 9.41. The van der Waals surface area contributed by atoms with Crippen LogP contribution in [0.25, 0.3) is 0 Å². The molecule has 0 bridgehead atoms. The molecule has 0 amide bonds. The van der Waals surface area contributed by atoms with Gasteiger partial charge < -0.3 is 15.3 Å². The fourth-order valence-corrected chi connectivity index (χ4v) is 7.15. The van der Waals surface area contributed by atoms with Crippen molar-refractivity contribution in [2.45, 2.75) is 77.1 Å². The zero-order chi connectivity index (χ0) is 16.6. The van der Waals surface area contributed by atoms with Crippen LogP contribution in [0.5, 0.6) is 0 Å². The first-order chi connectivity index (χ1) is 10.8. The van der Waals surface area contributed by atoms with Gasteiger partial charge in [0.2, 0.25) is 0 Å². The molecule has 23 heavy (non-hydrogen) atoms. The van der Waals surface area contributed by atoms with Crippen LogP contribution in [0.4, 0.5) is 0 Å². The van der Waals surface area contributed by atoms with Crippen molar-refractivity contribution in [1.82, 2.24) is 0 Å². The van der Waals surface area contributed by atoms with E-state index in [0.717, 1.165) is 32.1 Å². The molecule has 3 N–H and O–H groups in total. The summed E-state index contributed by atoms with van der Waals surface area (Å²) in [6.45, 7) is 8.98. The van der Waals surface area contributed by atoms with Crippen molar-refractivity contribution < 1.29 is 15.3 Å². The summed E-state index contributed by atoms with van der Waals surface area (Å²) in [5.41, 5.74) is 1.57. The van der Waals surface area contributed by atoms with Gasteiger partial charge in [-0.05, 0) is 79.4 Å². The molecule has 4 fully saturated rings. The number of aliphatic hydroxyl groups excluding tert-OH is 3. The lowest BCUT2D eigenvalue weighted by Crippen LogP contribution is -2.63. The molecule has 4 aliphatic carbocycles. The molecule has 0 spiro atoms. The van der Waals surface area contributed by atoms with Crippen molar-refractivity contribution in [3.63, 3.8) is 0 Å². The van der Waals surface area contributed by atoms with E-state index in [1.54, 1.807) is 0 Å². The second kappa shape index (κ2) is 5.06. The van der Waals surface area contributed by atoms with E-state index in [9.17, 15) is 15.3 Å². The Hall–Kier alpha value is -0.380. The quantitative estimate of drug-likeness (QED) is 0.602. The highest BCUT2D eigenvalue weighted by atomic mass is 16.3. The molecule has 0 saturated heterocycles. The molecule has 0 radical (unpaired) electrons. The maximum atomic E-state index is 11.0. The van der Waals surface area contributed by atoms with Gasteiger partial charge in [0, 0.05) is 0 Å². The molecule has 0 aromatic rings. The second-order valence-electron chi connectivity index (χ2n) is 9.41. The van der Waals surface area contributed by atoms with Crippen molar-refractivity contribution in [1.29, 1.82) is 0 Å². The Morgan fingerprint density at radius 3 is 2.39 bits per heavy atom. The van der Waals surface area contributed by atoms with E-state index in [4.69, 9.17) is 0 Å². The van der Waals surface area contributed by atoms with Crippen molar-refractivity contribution in [3.05, 3.63) is 12.2 Å². The highest BCUT2D eigenvalue weighted by Gasteiger charge is 2.63. The first-order valence-electron chi connectivity index (χ1n) is 9.51. The van der Waals surface area contributed by atoms with E-state index in [0.29, 0.717) is 18.3 Å². The van der Waals surface area contributed by atoms with Gasteiger partial charge in [-0.3, -0.25) is 0 Å². The molecule has 3 heteroatoms. The van der Waals surface area contributed by atoms with Crippen molar-refractivity contribution in [2.75, 3.05) is 0 Å². The molecule has 9 atom stereocenters. The van der Waals surface area contributed by atoms with Gasteiger partial charge in [-0.1, -0.05) is 26.0 Å². The number of hydrogen-bond donors (Lipinski definition) is 3. The van der Waals surface area contributed by atoms with Gasteiger partial charge in [-0.15, -0.1) is 0 Å². The van der Waals surface area contributed by atoms with Gasteiger partial charge in [-0.25, -0.2) is 0 Å². The largest absolute Gasteiger partial charge is 0.393 e. The summed E-state index contributed by atoms with van der Waals surface area (Å²) in [6.07, 6.45) is 5.32. The van der Waals surface area contributed by atoms with Gasteiger partial charge in [0.25, 0.3) is 0 Å². The zero-order valence-electron chi connectivity index (χ0n) is 14.5. The van der Waals surface area contributed by atoms with E-state index in [1.807, 2.05) is 0 Å². The minimum absolute atomic E-state index is 0.0384. The average molecular weight is 320 g/mol. The van der Waals surface area contributed by atoms with Crippen LogP contribution in [0, 0.1) is 34.5 Å². The fourth-order valence-electron chi connectivity index (χ4n) is 7.15. The molecule has 4 aliphatic rings. The van der Waals surface area contributed by atoms with Crippen LogP contribution in [0.1, 0.15) is 58.8 Å². The van der Waals surface area contributed by atoms with Crippen LogP contribution in [-0.4, -0.2) is 33.6 Å². The van der Waals surface area contributed by atoms with Crippen molar-refractivity contribution >= 4 is 0 Å². The third kappa shape index (κ3) is 1.99. The van der Waals surface area contributed by atoms with E-state index < -0.39 is 12.2 Å². The average Bonchev–Trinajstić information content (AvgIpc) is 2.82. The number of fused-ring (bicyclic) bond motifs is 5. The summed E-state index contributed by atoms with van der Waals surface area (Å²) in [7, 11) is 0. The standard InChI is InChI=1S/C20H32O3/c1-11-4-5-13-16-14(7-9-19(11,13)2)20(3)8-6-12(21)10-15(20)17(22)18(16)23/h12-18,21-23H,1,4-10H2,2-3H3/t12-,13?,14?,15?,16?,17+,18?,19+,20+/m0/s1. The predicted molar refractivity (Wildman–Crippen MR) is 89.7 cm³/mol. The van der Waals surface area contributed by atoms with E-state index in [2.05, 4.69) is 20.4 Å². The Labute approximate surface area is 139 Å². The molecule has 0 aromatic heterocycles. The third-order valence-electron chi connectivity index (χ3n) is 8.68. The SMILES string of the molecule is C=C1CCC2C3C(O)[C@H](O)C4C[C@@H](O)CC[C@]4(C)C3CC[C@]12C. The molecule has 3 nitrogen and oxygen atoms in total. The van der Waals surface area contributed by atoms with Crippen LogP contribution < -0.4 is 0 Å². The maximum absolute atomic E-state index is 11.0. The summed E-state index contributed by atoms with van der Waals surface area (Å²) in [4.78, 5) is 0. The number of allylic oxidation sites excluding steroid dienone is 1. The molecular formula is C20H32O3. The minimum atomic E-state index is -0.688. The van der Waals surface area contributed by atoms with Crippen molar-refractivity contribution in [3.8, 4) is 0 Å². The Kier molecular flexibility index (Phi) is 3.54. The lowest BCUT2D eigenvalue weighted by Gasteiger charge is -2.63. The summed E-state index contributed by atoms with van der Waals surface area (Å²) >= 11 is 0. The lowest BCUT2D eigenvalue weighted by atomic mass is 9.43. The van der Waals surface area contributed by atoms with Gasteiger partial charge in [0.05, 0.1) is 18.3 Å². The van der Waals surface area contributed by atoms with Crippen LogP contribution in [0.3, 0.4) is 0 Å². The maximum Gasteiger partial charge on any atom is 0.0836 e. The topological polar surface area (TPSA) is 60.7 Å². The van der Waals surface area contributed by atoms with E-state index in [-0.39, 0.29) is 28.8 Å². The van der Waals surface area contributed by atoms with Gasteiger partial charge >= 0.3 is 0 Å². The van der Waals surface area contributed by atoms with Crippen LogP contribution >= 0.6 is 0 Å². The molecule has 130 valence electrons. The number of rotatable bonds is 0. The van der Waals surface area contributed by atoms with E-state index in [1.165, 1.54) is 12.0 Å². The Balaban J connectivity index is 1.73. The van der Waals surface area contributed by atoms with Crippen LogP contribution in [0.2, 0.25) is 0 Å². The zero-order valence-corrected chi connectivity index (χ0v) is 14.5. The van der Waals surface area contributed by atoms with Gasteiger partial charge in [0.15, 0.2) is 0 Å². The van der Waals surface area contributed by atoms with Crippen molar-refractivity contribution in [2.24, 2.45) is 34.5 Å². The first kappa shape index (κ1) is 16.1. The number of hydrogen-bond acceptors (Lipinski definition) is 3. The lowest BCUT2D eigenvalue weighted by molar-refractivity contribution is -0.217. The summed E-state index contributed by atoms with van der Waals surface area (Å²) < 4.78 is 0. The van der Waals surface area contributed by atoms with Gasteiger partial charge in [-0.2, -0.15) is 0 Å². The Morgan fingerprint density at radius 2 is 1.65 bits per heavy atom. The molecule has 4 saturated carbocycles. The molecule has 5 unspecified atom stereocenters. The third-order valence-corrected chi connectivity index (χ3v) is 8.68. The molecule has 0 aliphatic heterocycles. The molecule has 4 rings (SSSR count). The predicted octanol–water partition coefficient (Wildman–Crippen LogP) is 2.89. The fraction of sp³-hybridized carbons (Fsp3) is 0.900.